The summed E-state index contributed by atoms with van der Waals surface area (Å²) in [4.78, 5) is 11.7. The second-order valence-electron chi connectivity index (χ2n) is 4.28. The van der Waals surface area contributed by atoms with Crippen LogP contribution in [-0.2, 0) is 18.2 Å². The molecule has 0 bridgehead atoms. The number of carbonyl (C=O) groups is 1. The average Bonchev–Trinajstić information content (AvgIpc) is 2.82. The van der Waals surface area contributed by atoms with Crippen molar-refractivity contribution in [2.75, 3.05) is 13.2 Å². The molecule has 0 aliphatic carbocycles. The summed E-state index contributed by atoms with van der Waals surface area (Å²) in [6, 6.07) is 11.9. The lowest BCUT2D eigenvalue weighted by atomic mass is 10.2. The zero-order chi connectivity index (χ0) is 12.8. The van der Waals surface area contributed by atoms with Gasteiger partial charge < -0.3 is 9.30 Å². The monoisotopic (exact) mass is 243 g/mol. The van der Waals surface area contributed by atoms with Gasteiger partial charge in [0, 0.05) is 25.0 Å². The molecule has 1 aromatic heterocycles. The number of hydrogen-bond acceptors (Lipinski definition) is 2. The lowest BCUT2D eigenvalue weighted by Crippen LogP contribution is -2.10. The summed E-state index contributed by atoms with van der Waals surface area (Å²) in [5, 5.41) is 0. The van der Waals surface area contributed by atoms with E-state index in [0.717, 1.165) is 6.42 Å². The molecule has 0 fully saturated rings. The van der Waals surface area contributed by atoms with E-state index in [9.17, 15) is 4.79 Å². The molecular weight excluding hydrogens is 226 g/mol. The van der Waals surface area contributed by atoms with Gasteiger partial charge in [-0.05, 0) is 18.1 Å². The molecule has 94 valence electrons. The maximum Gasteiger partial charge on any atom is 0.189 e. The van der Waals surface area contributed by atoms with Crippen LogP contribution in [-0.4, -0.2) is 23.6 Å². The Balaban J connectivity index is 1.71. The van der Waals surface area contributed by atoms with Crippen molar-refractivity contribution >= 4 is 5.78 Å². The van der Waals surface area contributed by atoms with E-state index in [1.165, 1.54) is 5.56 Å². The fraction of sp³-hybridized carbons (Fsp3) is 0.267. The molecule has 2 rings (SSSR count). The third kappa shape index (κ3) is 3.57. The summed E-state index contributed by atoms with van der Waals surface area (Å²) < 4.78 is 7.26. The topological polar surface area (TPSA) is 31.2 Å². The first-order valence-corrected chi connectivity index (χ1v) is 6.02. The largest absolute Gasteiger partial charge is 0.373 e. The van der Waals surface area contributed by atoms with E-state index in [-0.39, 0.29) is 12.4 Å². The number of rotatable bonds is 6. The molecule has 0 aliphatic rings. The number of aromatic nitrogens is 1. The van der Waals surface area contributed by atoms with Crippen LogP contribution >= 0.6 is 0 Å². The number of hydrogen-bond donors (Lipinski definition) is 0. The van der Waals surface area contributed by atoms with Gasteiger partial charge in [-0.25, -0.2) is 0 Å². The van der Waals surface area contributed by atoms with Gasteiger partial charge in [-0.15, -0.1) is 0 Å². The quantitative estimate of drug-likeness (QED) is 0.576. The highest BCUT2D eigenvalue weighted by atomic mass is 16.5. The Kier molecular flexibility index (Phi) is 4.31. The Bertz CT molecular complexity index is 502. The fourth-order valence-electron chi connectivity index (χ4n) is 1.75. The number of nitrogens with zero attached hydrogens (tertiary/aromatic N) is 1. The lowest BCUT2D eigenvalue weighted by molar-refractivity contribution is 0.0765. The highest BCUT2D eigenvalue weighted by Crippen LogP contribution is 2.03. The highest BCUT2D eigenvalue weighted by Gasteiger charge is 2.06. The van der Waals surface area contributed by atoms with Crippen LogP contribution in [0.25, 0.3) is 0 Å². The number of Topliss-reactive ketones (excluding diaryl/α,β-unsaturated/α-hetero) is 1. The summed E-state index contributed by atoms with van der Waals surface area (Å²) in [6.07, 6.45) is 4.50. The standard InChI is InChI=1S/C15H17NO2/c1-16-9-7-14(11-16)15(17)12-18-10-8-13-5-3-2-4-6-13/h2-7,9,11H,8,10,12H2,1H3. The second kappa shape index (κ2) is 6.17. The molecule has 18 heavy (non-hydrogen) atoms. The minimum absolute atomic E-state index is 0.0312. The van der Waals surface area contributed by atoms with Crippen molar-refractivity contribution in [1.82, 2.24) is 4.57 Å². The lowest BCUT2D eigenvalue weighted by Gasteiger charge is -2.03. The SMILES string of the molecule is Cn1ccc(C(=O)COCCc2ccccc2)c1. The minimum Gasteiger partial charge on any atom is -0.373 e. The van der Waals surface area contributed by atoms with Crippen LogP contribution in [0.4, 0.5) is 0 Å². The maximum absolute atomic E-state index is 11.7. The predicted molar refractivity (Wildman–Crippen MR) is 70.7 cm³/mol. The molecule has 0 spiro atoms. The van der Waals surface area contributed by atoms with Crippen molar-refractivity contribution in [2.24, 2.45) is 7.05 Å². The van der Waals surface area contributed by atoms with Crippen LogP contribution in [0.2, 0.25) is 0 Å². The number of aryl methyl sites for hydroxylation is 1. The average molecular weight is 243 g/mol. The molecule has 0 aliphatic heterocycles. The van der Waals surface area contributed by atoms with Gasteiger partial charge in [-0.3, -0.25) is 4.79 Å². The molecule has 0 amide bonds. The zero-order valence-corrected chi connectivity index (χ0v) is 10.5. The third-order valence-electron chi connectivity index (χ3n) is 2.76. The van der Waals surface area contributed by atoms with Gasteiger partial charge in [0.25, 0.3) is 0 Å². The molecule has 0 saturated carbocycles. The van der Waals surface area contributed by atoms with Gasteiger partial charge in [-0.2, -0.15) is 0 Å². The van der Waals surface area contributed by atoms with Crippen molar-refractivity contribution in [3.8, 4) is 0 Å². The first-order valence-electron chi connectivity index (χ1n) is 6.02. The normalized spacial score (nSPS) is 10.5. The van der Waals surface area contributed by atoms with Crippen molar-refractivity contribution in [3.05, 3.63) is 59.9 Å². The van der Waals surface area contributed by atoms with E-state index in [1.54, 1.807) is 0 Å². The van der Waals surface area contributed by atoms with E-state index in [0.29, 0.717) is 12.2 Å². The Labute approximate surface area is 107 Å². The Morgan fingerprint density at radius 3 is 2.67 bits per heavy atom. The molecule has 0 N–H and O–H groups in total. The van der Waals surface area contributed by atoms with Crippen molar-refractivity contribution in [1.29, 1.82) is 0 Å². The number of ketones is 1. The third-order valence-corrected chi connectivity index (χ3v) is 2.76. The van der Waals surface area contributed by atoms with Crippen LogP contribution in [0.1, 0.15) is 15.9 Å². The van der Waals surface area contributed by atoms with Crippen LogP contribution in [0, 0.1) is 0 Å². The summed E-state index contributed by atoms with van der Waals surface area (Å²) >= 11 is 0. The Morgan fingerprint density at radius 2 is 2.00 bits per heavy atom. The van der Waals surface area contributed by atoms with Crippen LogP contribution in [0.3, 0.4) is 0 Å². The van der Waals surface area contributed by atoms with E-state index in [2.05, 4.69) is 12.1 Å². The molecule has 0 atom stereocenters. The molecule has 0 saturated heterocycles. The Morgan fingerprint density at radius 1 is 1.22 bits per heavy atom. The molecule has 0 unspecified atom stereocenters. The van der Waals surface area contributed by atoms with Crippen LogP contribution in [0.15, 0.2) is 48.8 Å². The van der Waals surface area contributed by atoms with Gasteiger partial charge in [0.15, 0.2) is 5.78 Å². The van der Waals surface area contributed by atoms with E-state index in [1.807, 2.05) is 48.3 Å². The molecule has 0 radical (unpaired) electrons. The fourth-order valence-corrected chi connectivity index (χ4v) is 1.75. The molecule has 2 aromatic rings. The number of carbonyl (C=O) groups excluding carboxylic acids is 1. The maximum atomic E-state index is 11.7. The molecule has 3 heteroatoms. The van der Waals surface area contributed by atoms with Crippen molar-refractivity contribution < 1.29 is 9.53 Å². The minimum atomic E-state index is 0.0312. The second-order valence-corrected chi connectivity index (χ2v) is 4.28. The summed E-state index contributed by atoms with van der Waals surface area (Å²) in [5.74, 6) is 0.0312. The smallest absolute Gasteiger partial charge is 0.189 e. The van der Waals surface area contributed by atoms with Gasteiger partial charge in [0.1, 0.15) is 6.61 Å². The summed E-state index contributed by atoms with van der Waals surface area (Å²) in [6.45, 7) is 0.722. The van der Waals surface area contributed by atoms with E-state index >= 15 is 0 Å². The van der Waals surface area contributed by atoms with Crippen molar-refractivity contribution in [3.63, 3.8) is 0 Å². The predicted octanol–water partition coefficient (Wildman–Crippen LogP) is 2.47. The first kappa shape index (κ1) is 12.6. The van der Waals surface area contributed by atoms with Crippen LogP contribution < -0.4 is 0 Å². The highest BCUT2D eigenvalue weighted by molar-refractivity contribution is 5.96. The van der Waals surface area contributed by atoms with E-state index in [4.69, 9.17) is 4.74 Å². The van der Waals surface area contributed by atoms with Gasteiger partial charge in [0.05, 0.1) is 6.61 Å². The van der Waals surface area contributed by atoms with E-state index < -0.39 is 0 Å². The zero-order valence-electron chi connectivity index (χ0n) is 10.5. The molecule has 1 heterocycles. The number of ether oxygens (including phenoxy) is 1. The first-order chi connectivity index (χ1) is 8.75. The molecule has 3 nitrogen and oxygen atoms in total. The molecule has 1 aromatic carbocycles. The molecular formula is C15H17NO2. The van der Waals surface area contributed by atoms with Gasteiger partial charge in [0.2, 0.25) is 0 Å². The van der Waals surface area contributed by atoms with Gasteiger partial charge in [-0.1, -0.05) is 30.3 Å². The van der Waals surface area contributed by atoms with Crippen LogP contribution in [0.5, 0.6) is 0 Å². The Hall–Kier alpha value is -1.87. The van der Waals surface area contributed by atoms with Crippen molar-refractivity contribution in [2.45, 2.75) is 6.42 Å². The summed E-state index contributed by atoms with van der Waals surface area (Å²) in [5.41, 5.74) is 1.93. The van der Waals surface area contributed by atoms with Gasteiger partial charge >= 0.3 is 0 Å². The summed E-state index contributed by atoms with van der Waals surface area (Å²) in [7, 11) is 1.90. The number of benzene rings is 1.